The van der Waals surface area contributed by atoms with Crippen molar-refractivity contribution in [2.75, 3.05) is 0 Å². The second-order valence-corrected chi connectivity index (χ2v) is 7.06. The zero-order chi connectivity index (χ0) is 21.1. The van der Waals surface area contributed by atoms with Crippen LogP contribution in [0.4, 0.5) is 5.69 Å². The van der Waals surface area contributed by atoms with Crippen LogP contribution in [0, 0.1) is 24.0 Å². The van der Waals surface area contributed by atoms with E-state index in [1.807, 2.05) is 74.7 Å². The first kappa shape index (κ1) is 19.4. The van der Waals surface area contributed by atoms with Gasteiger partial charge in [0, 0.05) is 18.0 Å². The smallest absolute Gasteiger partial charge is 0.310 e. The van der Waals surface area contributed by atoms with Gasteiger partial charge >= 0.3 is 5.69 Å². The molecule has 4 rings (SSSR count). The van der Waals surface area contributed by atoms with Gasteiger partial charge in [0.25, 0.3) is 0 Å². The molecule has 0 unspecified atom stereocenters. The molecule has 150 valence electrons. The van der Waals surface area contributed by atoms with Crippen molar-refractivity contribution in [2.24, 2.45) is 0 Å². The third kappa shape index (κ3) is 3.93. The number of rotatable bonds is 6. The summed E-state index contributed by atoms with van der Waals surface area (Å²) < 4.78 is 7.82. The summed E-state index contributed by atoms with van der Waals surface area (Å²) in [6, 6.07) is 18.5. The lowest BCUT2D eigenvalue weighted by molar-refractivity contribution is -0.385. The zero-order valence-corrected chi connectivity index (χ0v) is 16.8. The molecule has 0 aliphatic carbocycles. The highest BCUT2D eigenvalue weighted by molar-refractivity contribution is 5.72. The van der Waals surface area contributed by atoms with Crippen molar-refractivity contribution in [2.45, 2.75) is 20.5 Å². The lowest BCUT2D eigenvalue weighted by Gasteiger charge is -2.08. The molecule has 0 fully saturated rings. The van der Waals surface area contributed by atoms with Gasteiger partial charge in [-0.1, -0.05) is 42.5 Å². The lowest BCUT2D eigenvalue weighted by atomic mass is 10.1. The van der Waals surface area contributed by atoms with Gasteiger partial charge in [-0.05, 0) is 54.8 Å². The van der Waals surface area contributed by atoms with Crippen molar-refractivity contribution in [3.05, 3.63) is 105 Å². The maximum atomic E-state index is 11.4. The van der Waals surface area contributed by atoms with E-state index in [0.29, 0.717) is 0 Å². The number of nitrogens with zero attached hydrogens (tertiary/aromatic N) is 3. The second kappa shape index (κ2) is 8.21. The SMILES string of the molecule is Cc1cccn2c(C)c(C=Cc3ccc([N+](=O)[O-])c(OCc4ccccc4)c3)nc12. The van der Waals surface area contributed by atoms with Gasteiger partial charge in [-0.15, -0.1) is 0 Å². The maximum Gasteiger partial charge on any atom is 0.310 e. The summed E-state index contributed by atoms with van der Waals surface area (Å²) in [7, 11) is 0. The van der Waals surface area contributed by atoms with E-state index in [9.17, 15) is 10.1 Å². The van der Waals surface area contributed by atoms with E-state index < -0.39 is 4.92 Å². The first-order valence-corrected chi connectivity index (χ1v) is 9.60. The van der Waals surface area contributed by atoms with Crippen LogP contribution in [0.3, 0.4) is 0 Å². The number of nitro groups is 1. The molecular formula is C24H21N3O3. The average Bonchev–Trinajstić information content (AvgIpc) is 3.08. The normalized spacial score (nSPS) is 11.3. The van der Waals surface area contributed by atoms with Crippen LogP contribution in [-0.2, 0) is 6.61 Å². The molecule has 6 nitrogen and oxygen atoms in total. The zero-order valence-electron chi connectivity index (χ0n) is 16.8. The van der Waals surface area contributed by atoms with Crippen LogP contribution in [0.5, 0.6) is 5.75 Å². The highest BCUT2D eigenvalue weighted by Gasteiger charge is 2.15. The Hall–Kier alpha value is -3.93. The predicted molar refractivity (Wildman–Crippen MR) is 117 cm³/mol. The molecule has 2 aromatic carbocycles. The molecule has 0 aliphatic rings. The molecule has 2 aromatic heterocycles. The van der Waals surface area contributed by atoms with E-state index in [4.69, 9.17) is 9.72 Å². The third-order valence-corrected chi connectivity index (χ3v) is 4.97. The van der Waals surface area contributed by atoms with E-state index in [-0.39, 0.29) is 18.0 Å². The van der Waals surface area contributed by atoms with Gasteiger partial charge in [0.1, 0.15) is 12.3 Å². The average molecular weight is 399 g/mol. The number of hydrogen-bond acceptors (Lipinski definition) is 4. The van der Waals surface area contributed by atoms with Crippen LogP contribution in [-0.4, -0.2) is 14.3 Å². The van der Waals surface area contributed by atoms with Crippen molar-refractivity contribution in [1.29, 1.82) is 0 Å². The van der Waals surface area contributed by atoms with Crippen LogP contribution in [0.15, 0.2) is 66.9 Å². The molecule has 4 aromatic rings. The molecular weight excluding hydrogens is 378 g/mol. The molecule has 0 aliphatic heterocycles. The minimum absolute atomic E-state index is 0.0531. The van der Waals surface area contributed by atoms with E-state index in [1.165, 1.54) is 6.07 Å². The van der Waals surface area contributed by atoms with Crippen molar-refractivity contribution in [3.8, 4) is 5.75 Å². The number of imidazole rings is 1. The summed E-state index contributed by atoms with van der Waals surface area (Å²) in [4.78, 5) is 15.7. The number of nitro benzene ring substituents is 1. The number of benzene rings is 2. The molecule has 0 amide bonds. The third-order valence-electron chi connectivity index (χ3n) is 4.97. The Morgan fingerprint density at radius 2 is 1.87 bits per heavy atom. The molecule has 0 saturated carbocycles. The van der Waals surface area contributed by atoms with E-state index in [0.717, 1.165) is 33.7 Å². The van der Waals surface area contributed by atoms with Crippen LogP contribution < -0.4 is 4.74 Å². The second-order valence-electron chi connectivity index (χ2n) is 7.06. The largest absolute Gasteiger partial charge is 0.482 e. The number of aromatic nitrogens is 2. The van der Waals surface area contributed by atoms with Crippen LogP contribution in [0.1, 0.15) is 28.1 Å². The first-order valence-electron chi connectivity index (χ1n) is 9.60. The Kier molecular flexibility index (Phi) is 5.30. The fourth-order valence-electron chi connectivity index (χ4n) is 3.31. The number of fused-ring (bicyclic) bond motifs is 1. The summed E-state index contributed by atoms with van der Waals surface area (Å²) >= 11 is 0. The summed E-state index contributed by atoms with van der Waals surface area (Å²) in [6.45, 7) is 4.31. The van der Waals surface area contributed by atoms with Crippen molar-refractivity contribution >= 4 is 23.5 Å². The van der Waals surface area contributed by atoms with Crippen LogP contribution in [0.25, 0.3) is 17.8 Å². The number of hydrogen-bond donors (Lipinski definition) is 0. The molecule has 0 bridgehead atoms. The van der Waals surface area contributed by atoms with Gasteiger partial charge in [0.15, 0.2) is 5.75 Å². The standard InChI is InChI=1S/C24H21N3O3/c1-17-7-6-14-26-18(2)21(25-24(17)26)12-10-19-11-13-22(27(28)29)23(15-19)30-16-20-8-4-3-5-9-20/h3-15H,16H2,1-2H3. The van der Waals surface area contributed by atoms with Gasteiger partial charge in [0.2, 0.25) is 0 Å². The van der Waals surface area contributed by atoms with Gasteiger partial charge in [-0.2, -0.15) is 0 Å². The Morgan fingerprint density at radius 3 is 2.60 bits per heavy atom. The highest BCUT2D eigenvalue weighted by Crippen LogP contribution is 2.29. The number of aryl methyl sites for hydroxylation is 2. The molecule has 0 spiro atoms. The van der Waals surface area contributed by atoms with Crippen molar-refractivity contribution < 1.29 is 9.66 Å². The number of pyridine rings is 1. The molecule has 0 atom stereocenters. The van der Waals surface area contributed by atoms with Gasteiger partial charge in [0.05, 0.1) is 10.6 Å². The van der Waals surface area contributed by atoms with Gasteiger partial charge in [-0.25, -0.2) is 4.98 Å². The predicted octanol–water partition coefficient (Wildman–Crippen LogP) is 5.61. The Bertz CT molecular complexity index is 1240. The van der Waals surface area contributed by atoms with Crippen molar-refractivity contribution in [3.63, 3.8) is 0 Å². The molecule has 0 radical (unpaired) electrons. The van der Waals surface area contributed by atoms with E-state index in [1.54, 1.807) is 12.1 Å². The van der Waals surface area contributed by atoms with Crippen molar-refractivity contribution in [1.82, 2.24) is 9.38 Å². The monoisotopic (exact) mass is 399 g/mol. The minimum Gasteiger partial charge on any atom is -0.482 e. The topological polar surface area (TPSA) is 69.7 Å². The molecule has 6 heteroatoms. The molecule has 2 heterocycles. The first-order chi connectivity index (χ1) is 14.5. The Morgan fingerprint density at radius 1 is 1.07 bits per heavy atom. The summed E-state index contributed by atoms with van der Waals surface area (Å²) in [6.07, 6.45) is 5.80. The Labute approximate surface area is 174 Å². The summed E-state index contributed by atoms with van der Waals surface area (Å²) in [5.41, 5.74) is 5.61. The fourth-order valence-corrected chi connectivity index (χ4v) is 3.31. The molecule has 30 heavy (non-hydrogen) atoms. The molecule has 0 N–H and O–H groups in total. The minimum atomic E-state index is -0.428. The lowest BCUT2D eigenvalue weighted by Crippen LogP contribution is -1.99. The number of ether oxygens (including phenoxy) is 1. The van der Waals surface area contributed by atoms with Gasteiger partial charge < -0.3 is 9.14 Å². The summed E-state index contributed by atoms with van der Waals surface area (Å²) in [5.74, 6) is 0.244. The highest BCUT2D eigenvalue weighted by atomic mass is 16.6. The Balaban J connectivity index is 1.62. The fraction of sp³-hybridized carbons (Fsp3) is 0.125. The van der Waals surface area contributed by atoms with Crippen LogP contribution >= 0.6 is 0 Å². The van der Waals surface area contributed by atoms with Gasteiger partial charge in [-0.3, -0.25) is 10.1 Å². The quantitative estimate of drug-likeness (QED) is 0.312. The maximum absolute atomic E-state index is 11.4. The van der Waals surface area contributed by atoms with E-state index in [2.05, 4.69) is 4.40 Å². The van der Waals surface area contributed by atoms with E-state index >= 15 is 0 Å². The molecule has 0 saturated heterocycles. The van der Waals surface area contributed by atoms with Crippen LogP contribution in [0.2, 0.25) is 0 Å². The summed E-state index contributed by atoms with van der Waals surface area (Å²) in [5, 5.41) is 11.4.